The van der Waals surface area contributed by atoms with Crippen LogP contribution in [-0.4, -0.2) is 41.5 Å². The number of carboxylic acid groups (broad SMARTS) is 1. The summed E-state index contributed by atoms with van der Waals surface area (Å²) in [5.74, 6) is -1.03. The minimum atomic E-state index is -0.776. The number of aliphatic carboxylic acids is 1. The summed E-state index contributed by atoms with van der Waals surface area (Å²) >= 11 is 0. The summed E-state index contributed by atoms with van der Waals surface area (Å²) in [4.78, 5) is 23.2. The van der Waals surface area contributed by atoms with Crippen molar-refractivity contribution >= 4 is 24.3 Å². The molecule has 0 aromatic rings. The molecule has 1 rings (SSSR count). The molecule has 0 saturated carbocycles. The molecule has 3 N–H and O–H groups in total. The molecule has 88 valence electrons. The number of nitrogens with two attached hydrogens (primary N) is 1. The number of halogens is 1. The zero-order valence-corrected chi connectivity index (χ0v) is 9.33. The molecule has 0 aromatic carbocycles. The van der Waals surface area contributed by atoms with Crippen molar-refractivity contribution in [2.45, 2.75) is 19.3 Å². The van der Waals surface area contributed by atoms with Crippen LogP contribution in [0.4, 0.5) is 0 Å². The highest BCUT2D eigenvalue weighted by Crippen LogP contribution is 2.16. The fourth-order valence-electron chi connectivity index (χ4n) is 1.69. The Morgan fingerprint density at radius 1 is 1.33 bits per heavy atom. The molecule has 1 heterocycles. The van der Waals surface area contributed by atoms with Crippen molar-refractivity contribution in [1.82, 2.24) is 4.90 Å². The summed E-state index contributed by atoms with van der Waals surface area (Å²) in [5, 5.41) is 8.48. The van der Waals surface area contributed by atoms with E-state index in [-0.39, 0.29) is 30.7 Å². The Labute approximate surface area is 95.0 Å². The average molecular weight is 237 g/mol. The molecule has 1 saturated heterocycles. The van der Waals surface area contributed by atoms with Crippen LogP contribution in [0.15, 0.2) is 0 Å². The van der Waals surface area contributed by atoms with Crippen molar-refractivity contribution in [2.75, 3.05) is 19.6 Å². The van der Waals surface area contributed by atoms with E-state index in [1.807, 2.05) is 0 Å². The molecule has 0 radical (unpaired) electrons. The first-order chi connectivity index (χ1) is 6.59. The molecule has 1 amide bonds. The Hall–Kier alpha value is -0.810. The Bertz CT molecular complexity index is 227. The Balaban J connectivity index is 0.00000196. The van der Waals surface area contributed by atoms with Crippen molar-refractivity contribution in [2.24, 2.45) is 11.7 Å². The van der Waals surface area contributed by atoms with Gasteiger partial charge in [-0.3, -0.25) is 9.59 Å². The number of amides is 1. The van der Waals surface area contributed by atoms with Crippen LogP contribution in [0.2, 0.25) is 0 Å². The molecule has 1 aliphatic rings. The summed E-state index contributed by atoms with van der Waals surface area (Å²) in [5.41, 5.74) is 5.18. The number of hydrogen-bond acceptors (Lipinski definition) is 3. The second kappa shape index (κ2) is 6.63. The van der Waals surface area contributed by atoms with Gasteiger partial charge in [0.25, 0.3) is 0 Å². The molecule has 6 heteroatoms. The molecule has 0 spiro atoms. The lowest BCUT2D eigenvalue weighted by Gasteiger charge is -2.29. The highest BCUT2D eigenvalue weighted by atomic mass is 35.5. The third kappa shape index (κ3) is 4.99. The van der Waals surface area contributed by atoms with Crippen LogP contribution in [0, 0.1) is 5.92 Å². The predicted molar refractivity (Wildman–Crippen MR) is 57.9 cm³/mol. The molecule has 5 nitrogen and oxygen atoms in total. The molecule has 0 atom stereocenters. The maximum atomic E-state index is 10.8. The molecular formula is C9H17ClN2O3. The molecular weight excluding hydrogens is 220 g/mol. The smallest absolute Gasteiger partial charge is 0.304 e. The van der Waals surface area contributed by atoms with Crippen LogP contribution >= 0.6 is 12.4 Å². The second-order valence-electron chi connectivity index (χ2n) is 3.66. The highest BCUT2D eigenvalue weighted by Gasteiger charge is 2.22. The molecule has 0 unspecified atom stereocenters. The van der Waals surface area contributed by atoms with E-state index < -0.39 is 5.97 Å². The van der Waals surface area contributed by atoms with Gasteiger partial charge in [-0.25, -0.2) is 0 Å². The topological polar surface area (TPSA) is 83.6 Å². The number of rotatable bonds is 4. The normalized spacial score (nSPS) is 18.1. The highest BCUT2D eigenvalue weighted by molar-refractivity contribution is 5.85. The number of carbonyl (C=O) groups excluding carboxylic acids is 1. The van der Waals surface area contributed by atoms with Crippen LogP contribution in [0.3, 0.4) is 0 Å². The number of piperidine rings is 1. The number of hydrogen-bond donors (Lipinski definition) is 2. The van der Waals surface area contributed by atoms with E-state index >= 15 is 0 Å². The van der Waals surface area contributed by atoms with Crippen LogP contribution in [-0.2, 0) is 9.59 Å². The van der Waals surface area contributed by atoms with E-state index in [9.17, 15) is 9.59 Å². The summed E-state index contributed by atoms with van der Waals surface area (Å²) in [6.07, 6.45) is 1.69. The van der Waals surface area contributed by atoms with Gasteiger partial charge in [0.1, 0.15) is 0 Å². The average Bonchev–Trinajstić information content (AvgIpc) is 2.15. The summed E-state index contributed by atoms with van der Waals surface area (Å²) < 4.78 is 0. The Morgan fingerprint density at radius 2 is 1.87 bits per heavy atom. The number of likely N-dealkylation sites (tertiary alicyclic amines) is 1. The third-order valence-electron chi connectivity index (χ3n) is 2.63. The van der Waals surface area contributed by atoms with Crippen molar-refractivity contribution < 1.29 is 14.7 Å². The largest absolute Gasteiger partial charge is 0.481 e. The number of carboxylic acids is 1. The lowest BCUT2D eigenvalue weighted by atomic mass is 9.96. The predicted octanol–water partition coefficient (Wildman–Crippen LogP) is 0.0802. The van der Waals surface area contributed by atoms with Crippen LogP contribution in [0.5, 0.6) is 0 Å². The zero-order valence-electron chi connectivity index (χ0n) is 8.52. The summed E-state index contributed by atoms with van der Waals surface area (Å²) in [6.45, 7) is 2.13. The maximum Gasteiger partial charge on any atom is 0.304 e. The van der Waals surface area contributed by atoms with E-state index in [1.165, 1.54) is 0 Å². The van der Waals surface area contributed by atoms with Crippen LogP contribution in [0.25, 0.3) is 0 Å². The SMILES string of the molecule is Cl.NC(=O)C1CCN(CCC(=O)O)CC1. The number of nitrogens with zero attached hydrogens (tertiary/aromatic N) is 1. The lowest BCUT2D eigenvalue weighted by molar-refractivity contribution is -0.137. The minimum absolute atomic E-state index is 0. The van der Waals surface area contributed by atoms with Crippen LogP contribution < -0.4 is 5.73 Å². The van der Waals surface area contributed by atoms with Crippen LogP contribution in [0.1, 0.15) is 19.3 Å². The van der Waals surface area contributed by atoms with E-state index in [1.54, 1.807) is 0 Å². The monoisotopic (exact) mass is 236 g/mol. The van der Waals surface area contributed by atoms with Gasteiger partial charge < -0.3 is 15.7 Å². The first-order valence-electron chi connectivity index (χ1n) is 4.83. The minimum Gasteiger partial charge on any atom is -0.481 e. The van der Waals surface area contributed by atoms with E-state index in [0.717, 1.165) is 25.9 Å². The number of primary amides is 1. The fraction of sp³-hybridized carbons (Fsp3) is 0.778. The van der Waals surface area contributed by atoms with Crippen molar-refractivity contribution in [3.8, 4) is 0 Å². The first kappa shape index (κ1) is 14.2. The van der Waals surface area contributed by atoms with Crippen molar-refractivity contribution in [3.63, 3.8) is 0 Å². The van der Waals surface area contributed by atoms with Gasteiger partial charge in [0, 0.05) is 12.5 Å². The lowest BCUT2D eigenvalue weighted by Crippen LogP contribution is -2.39. The molecule has 1 fully saturated rings. The zero-order chi connectivity index (χ0) is 10.6. The maximum absolute atomic E-state index is 10.8. The molecule has 15 heavy (non-hydrogen) atoms. The van der Waals surface area contributed by atoms with E-state index in [2.05, 4.69) is 4.90 Å². The first-order valence-corrected chi connectivity index (χ1v) is 4.83. The van der Waals surface area contributed by atoms with Gasteiger partial charge >= 0.3 is 5.97 Å². The van der Waals surface area contributed by atoms with Gasteiger partial charge in [-0.2, -0.15) is 0 Å². The molecule has 0 aliphatic carbocycles. The molecule has 0 aromatic heterocycles. The van der Waals surface area contributed by atoms with E-state index in [0.29, 0.717) is 6.54 Å². The van der Waals surface area contributed by atoms with Gasteiger partial charge in [0.2, 0.25) is 5.91 Å². The number of carbonyl (C=O) groups is 2. The van der Waals surface area contributed by atoms with E-state index in [4.69, 9.17) is 10.8 Å². The fourth-order valence-corrected chi connectivity index (χ4v) is 1.69. The third-order valence-corrected chi connectivity index (χ3v) is 2.63. The Morgan fingerprint density at radius 3 is 2.27 bits per heavy atom. The van der Waals surface area contributed by atoms with Gasteiger partial charge in [-0.1, -0.05) is 0 Å². The second-order valence-corrected chi connectivity index (χ2v) is 3.66. The van der Waals surface area contributed by atoms with Crippen molar-refractivity contribution in [3.05, 3.63) is 0 Å². The quantitative estimate of drug-likeness (QED) is 0.724. The Kier molecular flexibility index (Phi) is 6.27. The summed E-state index contributed by atoms with van der Waals surface area (Å²) in [6, 6.07) is 0. The standard InChI is InChI=1S/C9H16N2O3.ClH/c10-9(14)7-1-4-11(5-2-7)6-3-8(12)13;/h7H,1-6H2,(H2,10,14)(H,12,13);1H. The van der Waals surface area contributed by atoms with Gasteiger partial charge in [-0.05, 0) is 25.9 Å². The molecule has 1 aliphatic heterocycles. The van der Waals surface area contributed by atoms with Gasteiger partial charge in [-0.15, -0.1) is 12.4 Å². The van der Waals surface area contributed by atoms with Gasteiger partial charge in [0.15, 0.2) is 0 Å². The van der Waals surface area contributed by atoms with Gasteiger partial charge in [0.05, 0.1) is 6.42 Å². The van der Waals surface area contributed by atoms with Crippen molar-refractivity contribution in [1.29, 1.82) is 0 Å². The molecule has 0 bridgehead atoms. The summed E-state index contributed by atoms with van der Waals surface area (Å²) in [7, 11) is 0.